The van der Waals surface area contributed by atoms with Crippen LogP contribution in [0.2, 0.25) is 0 Å². The molecule has 0 spiro atoms. The van der Waals surface area contributed by atoms with Gasteiger partial charge in [-0.1, -0.05) is 13.8 Å². The Balaban J connectivity index is 2.58. The van der Waals surface area contributed by atoms with Gasteiger partial charge in [-0.2, -0.15) is 0 Å². The van der Waals surface area contributed by atoms with E-state index >= 15 is 0 Å². The SMILES string of the molecule is CCOC(=O)CNC1CC(=O)N(C(CC)CC)C1=O. The van der Waals surface area contributed by atoms with E-state index in [4.69, 9.17) is 4.74 Å². The van der Waals surface area contributed by atoms with Gasteiger partial charge in [0.15, 0.2) is 0 Å². The molecule has 6 heteroatoms. The van der Waals surface area contributed by atoms with Gasteiger partial charge in [0.2, 0.25) is 11.8 Å². The van der Waals surface area contributed by atoms with E-state index in [1.54, 1.807) is 6.92 Å². The first-order valence-corrected chi connectivity index (χ1v) is 6.79. The van der Waals surface area contributed by atoms with E-state index in [0.717, 1.165) is 12.8 Å². The van der Waals surface area contributed by atoms with Gasteiger partial charge >= 0.3 is 5.97 Å². The average Bonchev–Trinajstić information content (AvgIpc) is 2.66. The van der Waals surface area contributed by atoms with Crippen molar-refractivity contribution in [2.24, 2.45) is 0 Å². The fraction of sp³-hybridized carbons (Fsp3) is 0.769. The second kappa shape index (κ2) is 7.23. The van der Waals surface area contributed by atoms with E-state index < -0.39 is 12.0 Å². The molecule has 1 fully saturated rings. The Morgan fingerprint density at radius 2 is 2.00 bits per heavy atom. The highest BCUT2D eigenvalue weighted by Gasteiger charge is 2.41. The summed E-state index contributed by atoms with van der Waals surface area (Å²) in [5, 5.41) is 2.79. The number of nitrogens with zero attached hydrogens (tertiary/aromatic N) is 1. The van der Waals surface area contributed by atoms with Gasteiger partial charge in [0.1, 0.15) is 0 Å². The van der Waals surface area contributed by atoms with Gasteiger partial charge in [0.25, 0.3) is 0 Å². The first-order chi connectivity index (χ1) is 9.04. The number of esters is 1. The highest BCUT2D eigenvalue weighted by atomic mass is 16.5. The third-order valence-corrected chi connectivity index (χ3v) is 3.29. The number of ether oxygens (including phenoxy) is 1. The molecule has 1 rings (SSSR count). The van der Waals surface area contributed by atoms with Gasteiger partial charge in [0.05, 0.1) is 25.6 Å². The number of imide groups is 1. The third kappa shape index (κ3) is 3.76. The second-order valence-electron chi connectivity index (χ2n) is 4.51. The number of nitrogens with one attached hydrogen (secondary N) is 1. The van der Waals surface area contributed by atoms with Gasteiger partial charge in [-0.3, -0.25) is 24.6 Å². The molecule has 0 aromatic carbocycles. The molecule has 108 valence electrons. The minimum atomic E-state index is -0.600. The molecule has 0 saturated carbocycles. The van der Waals surface area contributed by atoms with Crippen LogP contribution in [0.15, 0.2) is 0 Å². The van der Waals surface area contributed by atoms with E-state index in [1.807, 2.05) is 13.8 Å². The molecule has 1 aliphatic heterocycles. The van der Waals surface area contributed by atoms with Gasteiger partial charge < -0.3 is 4.74 Å². The number of rotatable bonds is 7. The predicted molar refractivity (Wildman–Crippen MR) is 69.3 cm³/mol. The van der Waals surface area contributed by atoms with Crippen LogP contribution in [0.4, 0.5) is 0 Å². The van der Waals surface area contributed by atoms with Crippen LogP contribution in [-0.4, -0.2) is 47.9 Å². The van der Waals surface area contributed by atoms with Crippen molar-refractivity contribution in [2.45, 2.75) is 52.1 Å². The van der Waals surface area contributed by atoms with Crippen molar-refractivity contribution in [2.75, 3.05) is 13.2 Å². The van der Waals surface area contributed by atoms with Crippen molar-refractivity contribution in [3.8, 4) is 0 Å². The highest BCUT2D eigenvalue weighted by molar-refractivity contribution is 6.06. The molecule has 1 saturated heterocycles. The Morgan fingerprint density at radius 1 is 1.37 bits per heavy atom. The van der Waals surface area contributed by atoms with Crippen molar-refractivity contribution in [1.29, 1.82) is 0 Å². The van der Waals surface area contributed by atoms with Crippen molar-refractivity contribution >= 4 is 17.8 Å². The van der Waals surface area contributed by atoms with Gasteiger partial charge in [-0.05, 0) is 19.8 Å². The molecule has 0 aromatic heterocycles. The summed E-state index contributed by atoms with van der Waals surface area (Å²) in [6.45, 7) is 5.88. The number of hydrogen-bond donors (Lipinski definition) is 1. The molecule has 19 heavy (non-hydrogen) atoms. The molecule has 0 aliphatic carbocycles. The molecular weight excluding hydrogens is 248 g/mol. The van der Waals surface area contributed by atoms with Crippen molar-refractivity contribution in [3.05, 3.63) is 0 Å². The lowest BCUT2D eigenvalue weighted by Crippen LogP contribution is -2.44. The number of hydrogen-bond acceptors (Lipinski definition) is 5. The standard InChI is InChI=1S/C13H22N2O4/c1-4-9(5-2)15-11(16)7-10(13(15)18)14-8-12(17)19-6-3/h9-10,14H,4-8H2,1-3H3. The van der Waals surface area contributed by atoms with E-state index in [9.17, 15) is 14.4 Å². The molecular formula is C13H22N2O4. The van der Waals surface area contributed by atoms with Crippen LogP contribution >= 0.6 is 0 Å². The smallest absolute Gasteiger partial charge is 0.319 e. The van der Waals surface area contributed by atoms with E-state index in [0.29, 0.717) is 6.61 Å². The summed E-state index contributed by atoms with van der Waals surface area (Å²) in [5.74, 6) is -0.813. The Kier molecular flexibility index (Phi) is 5.95. The normalized spacial score (nSPS) is 19.4. The minimum Gasteiger partial charge on any atom is -0.465 e. The van der Waals surface area contributed by atoms with Crippen molar-refractivity contribution in [1.82, 2.24) is 10.2 Å². The summed E-state index contributed by atoms with van der Waals surface area (Å²) >= 11 is 0. The fourth-order valence-electron chi connectivity index (χ4n) is 2.27. The molecule has 0 radical (unpaired) electrons. The molecule has 1 N–H and O–H groups in total. The number of amides is 2. The van der Waals surface area contributed by atoms with Crippen LogP contribution in [-0.2, 0) is 19.1 Å². The minimum absolute atomic E-state index is 0.0469. The predicted octanol–water partition coefficient (Wildman–Crippen LogP) is 0.455. The maximum atomic E-state index is 12.1. The quantitative estimate of drug-likeness (QED) is 0.537. The molecule has 1 unspecified atom stereocenters. The van der Waals surface area contributed by atoms with Crippen LogP contribution in [0.3, 0.4) is 0 Å². The van der Waals surface area contributed by atoms with E-state index in [1.165, 1.54) is 4.90 Å². The molecule has 6 nitrogen and oxygen atoms in total. The van der Waals surface area contributed by atoms with Crippen molar-refractivity contribution < 1.29 is 19.1 Å². The van der Waals surface area contributed by atoms with E-state index in [2.05, 4.69) is 5.32 Å². The zero-order valence-corrected chi connectivity index (χ0v) is 11.8. The Bertz CT molecular complexity index is 353. The third-order valence-electron chi connectivity index (χ3n) is 3.29. The summed E-state index contributed by atoms with van der Waals surface area (Å²) in [7, 11) is 0. The zero-order valence-electron chi connectivity index (χ0n) is 11.8. The zero-order chi connectivity index (χ0) is 14.4. The van der Waals surface area contributed by atoms with Crippen molar-refractivity contribution in [3.63, 3.8) is 0 Å². The van der Waals surface area contributed by atoms with Gasteiger partial charge in [0, 0.05) is 6.04 Å². The summed E-state index contributed by atoms with van der Waals surface area (Å²) < 4.78 is 4.77. The largest absolute Gasteiger partial charge is 0.465 e. The first-order valence-electron chi connectivity index (χ1n) is 6.79. The van der Waals surface area contributed by atoms with Gasteiger partial charge in [-0.25, -0.2) is 0 Å². The lowest BCUT2D eigenvalue weighted by atomic mass is 10.1. The monoisotopic (exact) mass is 270 g/mol. The lowest BCUT2D eigenvalue weighted by Gasteiger charge is -2.24. The fourth-order valence-corrected chi connectivity index (χ4v) is 2.27. The molecule has 1 atom stereocenters. The number of carbonyl (C=O) groups is 3. The molecule has 2 amide bonds. The van der Waals surface area contributed by atoms with Gasteiger partial charge in [-0.15, -0.1) is 0 Å². The number of likely N-dealkylation sites (tertiary alicyclic amines) is 1. The summed E-state index contributed by atoms with van der Waals surface area (Å²) in [4.78, 5) is 36.6. The maximum absolute atomic E-state index is 12.1. The average molecular weight is 270 g/mol. The van der Waals surface area contributed by atoms with E-state index in [-0.39, 0.29) is 30.8 Å². The topological polar surface area (TPSA) is 75.7 Å². The maximum Gasteiger partial charge on any atom is 0.319 e. The summed E-state index contributed by atoms with van der Waals surface area (Å²) in [5.41, 5.74) is 0. The Morgan fingerprint density at radius 3 is 2.53 bits per heavy atom. The number of carbonyl (C=O) groups excluding carboxylic acids is 3. The Labute approximate surface area is 113 Å². The van der Waals surface area contributed by atoms with Crippen LogP contribution in [0.25, 0.3) is 0 Å². The second-order valence-corrected chi connectivity index (χ2v) is 4.51. The van der Waals surface area contributed by atoms with Crippen LogP contribution < -0.4 is 5.32 Å². The molecule has 1 heterocycles. The summed E-state index contributed by atoms with van der Waals surface area (Å²) in [6.07, 6.45) is 1.62. The highest BCUT2D eigenvalue weighted by Crippen LogP contribution is 2.19. The molecule has 1 aliphatic rings. The molecule has 0 aromatic rings. The van der Waals surface area contributed by atoms with Crippen LogP contribution in [0.5, 0.6) is 0 Å². The van der Waals surface area contributed by atoms with Crippen LogP contribution in [0, 0.1) is 0 Å². The van der Waals surface area contributed by atoms with Crippen LogP contribution in [0.1, 0.15) is 40.0 Å². The lowest BCUT2D eigenvalue weighted by molar-refractivity contribution is -0.142. The Hall–Kier alpha value is -1.43. The first kappa shape index (κ1) is 15.6. The summed E-state index contributed by atoms with van der Waals surface area (Å²) in [6, 6.07) is -0.646. The molecule has 0 bridgehead atoms.